The molecule has 138 valence electrons. The monoisotopic (exact) mass is 355 g/mol. The number of aromatic nitrogens is 1. The van der Waals surface area contributed by atoms with Gasteiger partial charge in [-0.1, -0.05) is 19.9 Å². The highest BCUT2D eigenvalue weighted by atomic mass is 16.5. The SMILES string of the molecule is CCCOc1ccc(/C(C)=N\NC(=O)c2ccccn2)c(OCCC)c1. The standard InChI is InChI=1S/C20H25N3O3/c1-4-12-25-16-9-10-17(19(14-16)26-13-5-2)15(3)22-23-20(24)18-8-6-7-11-21-18/h6-11,14H,4-5,12-13H2,1-3H3,(H,23,24)/b22-15-. The van der Waals surface area contributed by atoms with E-state index in [4.69, 9.17) is 9.47 Å². The molecule has 6 nitrogen and oxygen atoms in total. The second kappa shape index (κ2) is 10.2. The van der Waals surface area contributed by atoms with E-state index in [1.807, 2.05) is 32.0 Å². The summed E-state index contributed by atoms with van der Waals surface area (Å²) >= 11 is 0. The van der Waals surface area contributed by atoms with Gasteiger partial charge in [0.05, 0.1) is 18.9 Å². The third-order valence-electron chi connectivity index (χ3n) is 3.50. The smallest absolute Gasteiger partial charge is 0.289 e. The molecule has 0 aliphatic heterocycles. The highest BCUT2D eigenvalue weighted by Crippen LogP contribution is 2.26. The fourth-order valence-electron chi connectivity index (χ4n) is 2.19. The number of hydrogen-bond donors (Lipinski definition) is 1. The number of nitrogens with zero attached hydrogens (tertiary/aromatic N) is 2. The van der Waals surface area contributed by atoms with Gasteiger partial charge >= 0.3 is 0 Å². The van der Waals surface area contributed by atoms with Gasteiger partial charge in [-0.2, -0.15) is 5.10 Å². The Labute approximate surface area is 154 Å². The van der Waals surface area contributed by atoms with E-state index in [9.17, 15) is 4.79 Å². The number of hydrazone groups is 1. The number of carbonyl (C=O) groups excluding carboxylic acids is 1. The van der Waals surface area contributed by atoms with E-state index >= 15 is 0 Å². The maximum absolute atomic E-state index is 12.1. The molecule has 0 unspecified atom stereocenters. The summed E-state index contributed by atoms with van der Waals surface area (Å²) in [6.07, 6.45) is 3.40. The zero-order chi connectivity index (χ0) is 18.8. The Hall–Kier alpha value is -2.89. The van der Waals surface area contributed by atoms with Crippen LogP contribution in [0.2, 0.25) is 0 Å². The van der Waals surface area contributed by atoms with E-state index in [0.29, 0.717) is 30.4 Å². The number of carbonyl (C=O) groups is 1. The molecule has 0 aliphatic carbocycles. The van der Waals surface area contributed by atoms with Crippen molar-refractivity contribution in [1.29, 1.82) is 0 Å². The van der Waals surface area contributed by atoms with E-state index in [0.717, 1.165) is 24.2 Å². The molecular formula is C20H25N3O3. The van der Waals surface area contributed by atoms with Crippen LogP contribution in [0.1, 0.15) is 49.7 Å². The van der Waals surface area contributed by atoms with Gasteiger partial charge in [0.1, 0.15) is 17.2 Å². The number of rotatable bonds is 9. The minimum Gasteiger partial charge on any atom is -0.493 e. The molecule has 6 heteroatoms. The predicted molar refractivity (Wildman–Crippen MR) is 102 cm³/mol. The maximum atomic E-state index is 12.1. The number of benzene rings is 1. The van der Waals surface area contributed by atoms with Crippen LogP contribution in [0.3, 0.4) is 0 Å². The Morgan fingerprint density at radius 2 is 1.88 bits per heavy atom. The van der Waals surface area contributed by atoms with Crippen molar-refractivity contribution in [1.82, 2.24) is 10.4 Å². The number of amides is 1. The van der Waals surface area contributed by atoms with Gasteiger partial charge in [-0.3, -0.25) is 9.78 Å². The molecule has 0 fully saturated rings. The van der Waals surface area contributed by atoms with Crippen LogP contribution < -0.4 is 14.9 Å². The molecule has 0 saturated carbocycles. The first-order valence-corrected chi connectivity index (χ1v) is 8.81. The molecule has 2 rings (SSSR count). The lowest BCUT2D eigenvalue weighted by molar-refractivity contribution is 0.0950. The van der Waals surface area contributed by atoms with Crippen molar-refractivity contribution >= 4 is 11.6 Å². The molecular weight excluding hydrogens is 330 g/mol. The van der Waals surface area contributed by atoms with E-state index in [1.165, 1.54) is 0 Å². The Kier molecular flexibility index (Phi) is 7.61. The van der Waals surface area contributed by atoms with Gasteiger partial charge < -0.3 is 9.47 Å². The molecule has 0 bridgehead atoms. The molecule has 1 aromatic heterocycles. The number of ether oxygens (including phenoxy) is 2. The molecule has 26 heavy (non-hydrogen) atoms. The third-order valence-corrected chi connectivity index (χ3v) is 3.50. The van der Waals surface area contributed by atoms with Gasteiger partial charge in [-0.25, -0.2) is 5.43 Å². The molecule has 1 N–H and O–H groups in total. The van der Waals surface area contributed by atoms with E-state index < -0.39 is 0 Å². The minimum absolute atomic E-state index is 0.315. The second-order valence-corrected chi connectivity index (χ2v) is 5.71. The van der Waals surface area contributed by atoms with E-state index in [1.54, 1.807) is 24.4 Å². The maximum Gasteiger partial charge on any atom is 0.289 e. The topological polar surface area (TPSA) is 72.8 Å². The summed E-state index contributed by atoms with van der Waals surface area (Å²) < 4.78 is 11.5. The molecule has 1 heterocycles. The lowest BCUT2D eigenvalue weighted by atomic mass is 10.1. The molecule has 0 radical (unpaired) electrons. The van der Waals surface area contributed by atoms with Crippen LogP contribution in [0.5, 0.6) is 11.5 Å². The van der Waals surface area contributed by atoms with E-state index in [2.05, 4.69) is 22.4 Å². The minimum atomic E-state index is -0.358. The summed E-state index contributed by atoms with van der Waals surface area (Å²) in [7, 11) is 0. The van der Waals surface area contributed by atoms with Gasteiger partial charge in [0.15, 0.2) is 0 Å². The lowest BCUT2D eigenvalue weighted by Gasteiger charge is -2.13. The van der Waals surface area contributed by atoms with Crippen molar-refractivity contribution in [2.75, 3.05) is 13.2 Å². The zero-order valence-electron chi connectivity index (χ0n) is 15.5. The molecule has 1 aromatic carbocycles. The highest BCUT2D eigenvalue weighted by Gasteiger charge is 2.11. The van der Waals surface area contributed by atoms with Crippen LogP contribution in [-0.4, -0.2) is 29.8 Å². The quantitative estimate of drug-likeness (QED) is 0.548. The Balaban J connectivity index is 2.17. The zero-order valence-corrected chi connectivity index (χ0v) is 15.5. The number of pyridine rings is 1. The first-order chi connectivity index (χ1) is 12.7. The molecule has 0 spiro atoms. The van der Waals surface area contributed by atoms with Crippen LogP contribution in [0.4, 0.5) is 0 Å². The Morgan fingerprint density at radius 1 is 1.12 bits per heavy atom. The average molecular weight is 355 g/mol. The largest absolute Gasteiger partial charge is 0.493 e. The predicted octanol–water partition coefficient (Wildman–Crippen LogP) is 3.81. The summed E-state index contributed by atoms with van der Waals surface area (Å²) in [6.45, 7) is 7.17. The molecule has 0 atom stereocenters. The van der Waals surface area contributed by atoms with Crippen molar-refractivity contribution < 1.29 is 14.3 Å². The van der Waals surface area contributed by atoms with Gasteiger partial charge in [0.25, 0.3) is 5.91 Å². The average Bonchev–Trinajstić information content (AvgIpc) is 2.69. The Morgan fingerprint density at radius 3 is 2.58 bits per heavy atom. The number of nitrogens with one attached hydrogen (secondary N) is 1. The van der Waals surface area contributed by atoms with E-state index in [-0.39, 0.29) is 5.91 Å². The third kappa shape index (κ3) is 5.58. The lowest BCUT2D eigenvalue weighted by Crippen LogP contribution is -2.20. The van der Waals surface area contributed by atoms with Crippen LogP contribution >= 0.6 is 0 Å². The summed E-state index contributed by atoms with van der Waals surface area (Å²) in [6, 6.07) is 10.8. The summed E-state index contributed by atoms with van der Waals surface area (Å²) in [5, 5.41) is 4.19. The second-order valence-electron chi connectivity index (χ2n) is 5.71. The first-order valence-electron chi connectivity index (χ1n) is 8.81. The summed E-state index contributed by atoms with van der Waals surface area (Å²) in [5.74, 6) is 1.09. The van der Waals surface area contributed by atoms with Crippen LogP contribution in [0.15, 0.2) is 47.7 Å². The van der Waals surface area contributed by atoms with Crippen molar-refractivity contribution in [3.63, 3.8) is 0 Å². The van der Waals surface area contributed by atoms with Gasteiger partial charge in [0, 0.05) is 17.8 Å². The highest BCUT2D eigenvalue weighted by molar-refractivity contribution is 6.02. The molecule has 0 aliphatic rings. The fraction of sp³-hybridized carbons (Fsp3) is 0.350. The van der Waals surface area contributed by atoms with Gasteiger partial charge in [-0.15, -0.1) is 0 Å². The van der Waals surface area contributed by atoms with Crippen LogP contribution in [0.25, 0.3) is 0 Å². The van der Waals surface area contributed by atoms with Crippen molar-refractivity contribution in [2.24, 2.45) is 5.10 Å². The first kappa shape index (κ1) is 19.4. The Bertz CT molecular complexity index is 745. The van der Waals surface area contributed by atoms with Crippen molar-refractivity contribution in [3.8, 4) is 11.5 Å². The fourth-order valence-corrected chi connectivity index (χ4v) is 2.19. The molecule has 2 aromatic rings. The molecule has 0 saturated heterocycles. The van der Waals surface area contributed by atoms with Crippen molar-refractivity contribution in [2.45, 2.75) is 33.6 Å². The normalized spacial score (nSPS) is 11.1. The summed E-state index contributed by atoms with van der Waals surface area (Å²) in [4.78, 5) is 16.1. The summed E-state index contributed by atoms with van der Waals surface area (Å²) in [5.41, 5.74) is 4.29. The number of hydrogen-bond acceptors (Lipinski definition) is 5. The van der Waals surface area contributed by atoms with Gasteiger partial charge in [-0.05, 0) is 44.0 Å². The van der Waals surface area contributed by atoms with Crippen LogP contribution in [0, 0.1) is 0 Å². The van der Waals surface area contributed by atoms with Crippen molar-refractivity contribution in [3.05, 3.63) is 53.9 Å². The molecule has 1 amide bonds. The van der Waals surface area contributed by atoms with Gasteiger partial charge in [0.2, 0.25) is 0 Å². The van der Waals surface area contributed by atoms with Crippen LogP contribution in [-0.2, 0) is 0 Å².